The fourth-order valence-electron chi connectivity index (χ4n) is 1.72. The Labute approximate surface area is 189 Å². The van der Waals surface area contributed by atoms with Crippen LogP contribution >= 0.6 is 0 Å². The van der Waals surface area contributed by atoms with Crippen LogP contribution in [0.15, 0.2) is 91.0 Å². The van der Waals surface area contributed by atoms with Crippen LogP contribution in [0.4, 0.5) is 0 Å². The molecule has 0 atom stereocenters. The van der Waals surface area contributed by atoms with E-state index in [-0.39, 0.29) is 50.8 Å². The first-order chi connectivity index (χ1) is 12.9. The van der Waals surface area contributed by atoms with E-state index in [9.17, 15) is 29.7 Å². The molecular weight excluding hydrogens is 432 g/mol. The summed E-state index contributed by atoms with van der Waals surface area (Å²) in [5.41, 5.74) is 0.660. The molecule has 0 heterocycles. The molecule has 0 amide bonds. The molecule has 29 heavy (non-hydrogen) atoms. The molecule has 0 radical (unpaired) electrons. The monoisotopic (exact) mass is 446 g/mol. The first kappa shape index (κ1) is 28.3. The third kappa shape index (κ3) is 12.2. The molecule has 6 nitrogen and oxygen atoms in total. The number of hydrogen-bond donors (Lipinski definition) is 0. The summed E-state index contributed by atoms with van der Waals surface area (Å²) in [6.07, 6.45) is 0. The maximum atomic E-state index is 10.1. The van der Waals surface area contributed by atoms with Crippen LogP contribution in [0.1, 0.15) is 31.1 Å². The molecule has 0 aromatic heterocycles. The minimum atomic E-state index is -1.13. The number of hydrogen-bond acceptors (Lipinski definition) is 6. The van der Waals surface area contributed by atoms with Gasteiger partial charge in [0, 0.05) is 0 Å². The molecule has 0 saturated carbocycles. The molecule has 8 heteroatoms. The van der Waals surface area contributed by atoms with Gasteiger partial charge in [0.05, 0.1) is 17.9 Å². The number of aromatic carboxylic acids is 3. The number of carboxylic acids is 3. The first-order valence-electron chi connectivity index (χ1n) is 7.71. The van der Waals surface area contributed by atoms with Gasteiger partial charge in [0.1, 0.15) is 0 Å². The van der Waals surface area contributed by atoms with Crippen LogP contribution in [-0.4, -0.2) is 17.9 Å². The predicted octanol–water partition coefficient (Wildman–Crippen LogP) is -2.85. The molecule has 3 aromatic carbocycles. The topological polar surface area (TPSA) is 120 Å². The van der Waals surface area contributed by atoms with Crippen LogP contribution in [0.3, 0.4) is 0 Å². The molecule has 0 bridgehead atoms. The zero-order valence-electron chi connectivity index (χ0n) is 15.0. The standard InChI is InChI=1S/3C7H6O2.ClH.Ti/c3*8-7(9)6-4-2-1-3-5-6;;/h3*1-5H,(H,8,9);1H;/q;;;;+4/p-4. The van der Waals surface area contributed by atoms with Crippen molar-refractivity contribution in [2.45, 2.75) is 0 Å². The molecule has 0 N–H and O–H groups in total. The van der Waals surface area contributed by atoms with Gasteiger partial charge in [-0.05, 0) is 16.7 Å². The van der Waals surface area contributed by atoms with Gasteiger partial charge < -0.3 is 42.1 Å². The molecule has 0 unspecified atom stereocenters. The van der Waals surface area contributed by atoms with E-state index in [0.29, 0.717) is 0 Å². The van der Waals surface area contributed by atoms with E-state index in [4.69, 9.17) is 0 Å². The summed E-state index contributed by atoms with van der Waals surface area (Å²) in [4.78, 5) is 30.3. The number of benzene rings is 3. The van der Waals surface area contributed by atoms with Crippen LogP contribution < -0.4 is 27.7 Å². The van der Waals surface area contributed by atoms with Gasteiger partial charge in [-0.15, -0.1) is 0 Å². The van der Waals surface area contributed by atoms with Gasteiger partial charge in [-0.3, -0.25) is 0 Å². The van der Waals surface area contributed by atoms with Crippen LogP contribution in [0, 0.1) is 0 Å². The normalized spacial score (nSPS) is 8.28. The Morgan fingerprint density at radius 2 is 0.621 bits per heavy atom. The summed E-state index contributed by atoms with van der Waals surface area (Å²) in [5, 5.41) is 30.3. The Kier molecular flexibility index (Phi) is 15.7. The van der Waals surface area contributed by atoms with Crippen LogP contribution in [0.5, 0.6) is 0 Å². The number of carbonyl (C=O) groups is 3. The Hall–Kier alpha value is -2.93. The second kappa shape index (κ2) is 16.1. The van der Waals surface area contributed by atoms with Gasteiger partial charge >= 0.3 is 21.7 Å². The molecule has 0 fully saturated rings. The van der Waals surface area contributed by atoms with Crippen LogP contribution in [0.2, 0.25) is 0 Å². The van der Waals surface area contributed by atoms with Crippen molar-refractivity contribution in [3.8, 4) is 0 Å². The molecule has 0 spiro atoms. The van der Waals surface area contributed by atoms with Gasteiger partial charge in [0.2, 0.25) is 0 Å². The average molecular weight is 447 g/mol. The van der Waals surface area contributed by atoms with Gasteiger partial charge in [-0.2, -0.15) is 0 Å². The minimum absolute atomic E-state index is 0. The summed E-state index contributed by atoms with van der Waals surface area (Å²) in [6, 6.07) is 24.2. The van der Waals surface area contributed by atoms with Crippen molar-refractivity contribution in [1.82, 2.24) is 0 Å². The fourth-order valence-corrected chi connectivity index (χ4v) is 1.72. The van der Waals surface area contributed by atoms with E-state index in [1.54, 1.807) is 54.6 Å². The minimum Gasteiger partial charge on any atom is -1.00 e. The second-order valence-corrected chi connectivity index (χ2v) is 4.96. The largest absolute Gasteiger partial charge is 4.00 e. The van der Waals surface area contributed by atoms with Crippen molar-refractivity contribution in [3.63, 3.8) is 0 Å². The van der Waals surface area contributed by atoms with Crippen LogP contribution in [0.25, 0.3) is 0 Å². The number of carbonyl (C=O) groups excluding carboxylic acids is 3. The summed E-state index contributed by atoms with van der Waals surface area (Å²) >= 11 is 0. The summed E-state index contributed by atoms with van der Waals surface area (Å²) in [7, 11) is 0. The summed E-state index contributed by atoms with van der Waals surface area (Å²) < 4.78 is 0. The quantitative estimate of drug-likeness (QED) is 0.400. The SMILES string of the molecule is O=C([O-])c1ccccc1.O=C([O-])c1ccccc1.O=C([O-])c1ccccc1.[Cl-].[Ti+4]. The van der Waals surface area contributed by atoms with E-state index in [0.717, 1.165) is 0 Å². The van der Waals surface area contributed by atoms with E-state index in [1.807, 2.05) is 0 Å². The third-order valence-corrected chi connectivity index (χ3v) is 3.03. The molecule has 3 rings (SSSR count). The molecule has 146 valence electrons. The van der Waals surface area contributed by atoms with Crippen molar-refractivity contribution < 1.29 is 63.8 Å². The van der Waals surface area contributed by atoms with Gasteiger partial charge in [-0.1, -0.05) is 91.0 Å². The number of carboxylic acid groups (broad SMARTS) is 3. The van der Waals surface area contributed by atoms with Crippen LogP contribution in [-0.2, 0) is 21.7 Å². The van der Waals surface area contributed by atoms with E-state index in [2.05, 4.69) is 0 Å². The Balaban J connectivity index is 0. The van der Waals surface area contributed by atoms with Crippen molar-refractivity contribution in [2.24, 2.45) is 0 Å². The molecule has 0 saturated heterocycles. The van der Waals surface area contributed by atoms with Gasteiger partial charge in [-0.25, -0.2) is 0 Å². The maximum Gasteiger partial charge on any atom is 4.00 e. The first-order valence-corrected chi connectivity index (χ1v) is 7.71. The van der Waals surface area contributed by atoms with E-state index in [1.165, 1.54) is 36.4 Å². The van der Waals surface area contributed by atoms with Gasteiger partial charge in [0.25, 0.3) is 0 Å². The fraction of sp³-hybridized carbons (Fsp3) is 0. The molecule has 0 aliphatic carbocycles. The molecular formula is C21H15ClO6Ti. The Bertz CT molecular complexity index is 740. The molecule has 0 aliphatic rings. The smallest absolute Gasteiger partial charge is 1.00 e. The third-order valence-electron chi connectivity index (χ3n) is 3.03. The van der Waals surface area contributed by atoms with Crippen molar-refractivity contribution in [3.05, 3.63) is 108 Å². The van der Waals surface area contributed by atoms with Crippen molar-refractivity contribution in [2.75, 3.05) is 0 Å². The number of halogens is 1. The summed E-state index contributed by atoms with van der Waals surface area (Å²) in [5.74, 6) is -3.39. The zero-order valence-corrected chi connectivity index (χ0v) is 17.3. The Morgan fingerprint density at radius 3 is 0.724 bits per heavy atom. The summed E-state index contributed by atoms with van der Waals surface area (Å²) in [6.45, 7) is 0. The molecule has 3 aromatic rings. The predicted molar refractivity (Wildman–Crippen MR) is 92.3 cm³/mol. The zero-order chi connectivity index (χ0) is 20.1. The van der Waals surface area contributed by atoms with Crippen molar-refractivity contribution >= 4 is 17.9 Å². The second-order valence-electron chi connectivity index (χ2n) is 4.96. The van der Waals surface area contributed by atoms with E-state index >= 15 is 0 Å². The van der Waals surface area contributed by atoms with Crippen molar-refractivity contribution in [1.29, 1.82) is 0 Å². The van der Waals surface area contributed by atoms with Gasteiger partial charge in [0.15, 0.2) is 0 Å². The Morgan fingerprint density at radius 1 is 0.448 bits per heavy atom. The maximum absolute atomic E-state index is 10.1. The van der Waals surface area contributed by atoms with E-state index < -0.39 is 17.9 Å². The number of rotatable bonds is 3. The molecule has 0 aliphatic heterocycles. The average Bonchev–Trinajstić information content (AvgIpc) is 2.71.